The van der Waals surface area contributed by atoms with Crippen LogP contribution >= 0.6 is 0 Å². The van der Waals surface area contributed by atoms with Crippen LogP contribution in [0.25, 0.3) is 0 Å². The summed E-state index contributed by atoms with van der Waals surface area (Å²) >= 11 is 0. The molecule has 0 spiro atoms. The molecule has 10 aliphatic carbocycles. The van der Waals surface area contributed by atoms with Gasteiger partial charge in [0.25, 0.3) is 0 Å². The van der Waals surface area contributed by atoms with Gasteiger partial charge in [0, 0.05) is 0 Å². The molecular weight excluding hydrogens is 1230 g/mol. The molecule has 12 unspecified atom stereocenters. The van der Waals surface area contributed by atoms with E-state index in [4.69, 9.17) is 0 Å². The zero-order chi connectivity index (χ0) is 42.4. The summed E-state index contributed by atoms with van der Waals surface area (Å²) in [6.07, 6.45) is 71.7. The second-order valence-electron chi connectivity index (χ2n) is 20.9. The molecule has 10 rings (SSSR count). The third-order valence-corrected chi connectivity index (χ3v) is 17.3. The van der Waals surface area contributed by atoms with Gasteiger partial charge < -0.3 is 89.1 Å². The van der Waals surface area contributed by atoms with Gasteiger partial charge in [0.15, 0.2) is 0 Å². The summed E-state index contributed by atoms with van der Waals surface area (Å²) in [5, 5.41) is 0. The van der Waals surface area contributed by atoms with Crippen LogP contribution in [0.2, 0.25) is 0 Å². The summed E-state index contributed by atoms with van der Waals surface area (Å²) in [6, 6.07) is 0. The zero-order valence-electron chi connectivity index (χ0n) is 53.8. The first-order valence-electron chi connectivity index (χ1n) is 26.9. The summed E-state index contributed by atoms with van der Waals surface area (Å²) in [4.78, 5) is 0. The van der Waals surface area contributed by atoms with Crippen LogP contribution in [0.15, 0.2) is 97.2 Å². The number of allylic oxidation sites excluding steroid dienone is 16. The van der Waals surface area contributed by atoms with Crippen molar-refractivity contribution in [3.63, 3.8) is 0 Å². The molecule has 0 amide bonds. The van der Waals surface area contributed by atoms with Crippen molar-refractivity contribution in [3.8, 4) is 0 Å². The second-order valence-corrected chi connectivity index (χ2v) is 20.9. The molecule has 12 atom stereocenters. The van der Waals surface area contributed by atoms with Crippen molar-refractivity contribution in [2.45, 2.75) is 196 Å². The molecule has 0 aromatic heterocycles. The number of fused-ring (bicyclic) bond motifs is 4. The van der Waals surface area contributed by atoms with Crippen molar-refractivity contribution in [2.24, 2.45) is 82.9 Å². The van der Waals surface area contributed by atoms with E-state index in [9.17, 15) is 0 Å². The third kappa shape index (κ3) is 33.3. The fraction of sp³-hybridized carbons (Fsp3) is 0.611. The summed E-state index contributed by atoms with van der Waals surface area (Å²) in [6.45, 7) is 13.9. The van der Waals surface area contributed by atoms with Gasteiger partial charge in [-0.25, -0.2) is 0 Å². The van der Waals surface area contributed by atoms with Crippen LogP contribution in [-0.4, -0.2) is 0 Å². The normalized spacial score (nSPS) is 28.8. The van der Waals surface area contributed by atoms with Crippen LogP contribution in [0.4, 0.5) is 0 Å². The predicted molar refractivity (Wildman–Crippen MR) is 344 cm³/mol. The van der Waals surface area contributed by atoms with Gasteiger partial charge in [-0.3, -0.25) is 0 Å². The van der Waals surface area contributed by atoms with Crippen LogP contribution < -0.4 is 0 Å². The van der Waals surface area contributed by atoms with E-state index in [0.29, 0.717) is 0 Å². The van der Waals surface area contributed by atoms with Gasteiger partial charge in [0.05, 0.1) is 0 Å². The van der Waals surface area contributed by atoms with Gasteiger partial charge in [-0.2, -0.15) is 0 Å². The average Bonchev–Trinajstić information content (AvgIpc) is 4.17. The molecule has 0 bridgehead atoms. The fourth-order valence-corrected chi connectivity index (χ4v) is 13.6. The van der Waals surface area contributed by atoms with Crippen molar-refractivity contribution in [3.05, 3.63) is 186 Å². The molecular formula is C72H132HfZr2. The van der Waals surface area contributed by atoms with Gasteiger partial charge >= 0.3 is 78.3 Å². The largest absolute Gasteiger partial charge is 4.00 e. The molecule has 0 aromatic carbocycles. The van der Waals surface area contributed by atoms with Crippen LogP contribution in [0, 0.1) is 172 Å². The van der Waals surface area contributed by atoms with Gasteiger partial charge in [0.1, 0.15) is 0 Å². The Hall–Kier alpha value is 0.556. The van der Waals surface area contributed by atoms with E-state index in [1.54, 1.807) is 0 Å². The first-order chi connectivity index (χ1) is 29.5. The molecule has 10 aliphatic rings. The summed E-state index contributed by atoms with van der Waals surface area (Å²) in [5.74, 6) is 13.2. The summed E-state index contributed by atoms with van der Waals surface area (Å²) < 4.78 is 0. The SMILES string of the molecule is CCC1CCC2C=CC=CC21.CCC1CCC2C=CC=CC21.CCC1CCC2C=CC=CC21.CCC1CCC2C=CC=CC21.CCCC1CCCC1.CCCC1CCCC1.[CH3-].[CH3-].[CH3-].[CH3-].[CH3-].[CH3-].[CH3-].[CH3-].[CH3-].[CH3-].[CH3-].[CH3-].[Hf+4].[Zr+4].[Zr+4]. The molecule has 75 heavy (non-hydrogen) atoms. The van der Waals surface area contributed by atoms with Gasteiger partial charge in [-0.1, -0.05) is 241 Å². The second kappa shape index (κ2) is 59.2. The Morgan fingerprint density at radius 1 is 0.267 bits per heavy atom. The Kier molecular flexibility index (Phi) is 79.5. The van der Waals surface area contributed by atoms with Crippen molar-refractivity contribution < 1.29 is 78.3 Å². The molecule has 432 valence electrons. The van der Waals surface area contributed by atoms with Crippen LogP contribution in [0.3, 0.4) is 0 Å². The Labute approximate surface area is 538 Å². The van der Waals surface area contributed by atoms with E-state index in [0.717, 1.165) is 82.9 Å². The first-order valence-corrected chi connectivity index (χ1v) is 26.9. The smallest absolute Gasteiger partial charge is 0.358 e. The number of hydrogen-bond donors (Lipinski definition) is 0. The quantitative estimate of drug-likeness (QED) is 0.168. The van der Waals surface area contributed by atoms with E-state index in [1.807, 2.05) is 0 Å². The minimum Gasteiger partial charge on any atom is -0.358 e. The van der Waals surface area contributed by atoms with Crippen LogP contribution in [-0.2, 0) is 78.3 Å². The minimum atomic E-state index is 0. The number of rotatable bonds is 8. The van der Waals surface area contributed by atoms with Gasteiger partial charge in [0.2, 0.25) is 0 Å². The van der Waals surface area contributed by atoms with Crippen molar-refractivity contribution >= 4 is 0 Å². The summed E-state index contributed by atoms with van der Waals surface area (Å²) in [7, 11) is 0. The monoisotopic (exact) mass is 1360 g/mol. The molecule has 0 nitrogen and oxygen atoms in total. The maximum Gasteiger partial charge on any atom is 4.00 e. The summed E-state index contributed by atoms with van der Waals surface area (Å²) in [5.41, 5.74) is 0. The fourth-order valence-electron chi connectivity index (χ4n) is 13.6. The molecule has 0 radical (unpaired) electrons. The number of hydrogen-bond acceptors (Lipinski definition) is 0. The molecule has 0 aliphatic heterocycles. The maximum atomic E-state index is 2.41. The predicted octanol–water partition coefficient (Wildman–Crippen LogP) is 24.0. The zero-order valence-corrected chi connectivity index (χ0v) is 62.3. The molecule has 0 aromatic rings. The molecule has 0 heterocycles. The molecule has 6 fully saturated rings. The Morgan fingerprint density at radius 3 is 0.627 bits per heavy atom. The van der Waals surface area contributed by atoms with Crippen LogP contribution in [0.5, 0.6) is 0 Å². The van der Waals surface area contributed by atoms with E-state index >= 15 is 0 Å². The van der Waals surface area contributed by atoms with E-state index in [1.165, 1.54) is 154 Å². The van der Waals surface area contributed by atoms with Crippen molar-refractivity contribution in [2.75, 3.05) is 0 Å². The maximum absolute atomic E-state index is 2.41. The average molecular weight is 1360 g/mol. The first kappa shape index (κ1) is 101. The molecule has 0 N–H and O–H groups in total. The standard InChI is InChI=1S/4C11H16.2C8H16.12CH3.Hf.2Zr/c4*1-2-9-7-8-10-5-3-4-6-11(9)10;2*1-2-5-8-6-3-4-7-8;;;;;;;;;;;;;;;/h4*3-6,9-11H,2,7-8H2,1H3;2*8H,2-7H2,1H3;12*1H3;;;/q;;;;;;12*-1;3*+4. The van der Waals surface area contributed by atoms with Gasteiger partial charge in [-0.05, 0) is 134 Å². The Balaban J connectivity index is -0.0000000703. The van der Waals surface area contributed by atoms with Crippen molar-refractivity contribution in [1.82, 2.24) is 0 Å². The Bertz CT molecular complexity index is 1210. The van der Waals surface area contributed by atoms with Gasteiger partial charge in [-0.15, -0.1) is 0 Å². The molecule has 0 saturated heterocycles. The van der Waals surface area contributed by atoms with E-state index < -0.39 is 0 Å². The van der Waals surface area contributed by atoms with E-state index in [-0.39, 0.29) is 167 Å². The molecule has 6 saturated carbocycles. The third-order valence-electron chi connectivity index (χ3n) is 17.3. The van der Waals surface area contributed by atoms with Crippen LogP contribution in [0.1, 0.15) is 196 Å². The topological polar surface area (TPSA) is 0 Å². The van der Waals surface area contributed by atoms with Crippen molar-refractivity contribution in [1.29, 1.82) is 0 Å². The molecule has 3 heteroatoms. The van der Waals surface area contributed by atoms with E-state index in [2.05, 4.69) is 139 Å². The Morgan fingerprint density at radius 2 is 0.453 bits per heavy atom. The minimum absolute atomic E-state index is 0.